The van der Waals surface area contributed by atoms with Crippen molar-refractivity contribution in [2.24, 2.45) is 11.8 Å². The largest absolute Gasteiger partial charge is 0.392 e. The molecule has 0 aromatic rings. The van der Waals surface area contributed by atoms with Crippen molar-refractivity contribution in [2.75, 3.05) is 19.6 Å². The molecule has 0 bridgehead atoms. The summed E-state index contributed by atoms with van der Waals surface area (Å²) >= 11 is 0. The zero-order valence-electron chi connectivity index (χ0n) is 10.2. The number of aliphatic hydroxyl groups excluding tert-OH is 1. The minimum Gasteiger partial charge on any atom is -0.392 e. The maximum Gasteiger partial charge on any atom is 0.279 e. The van der Waals surface area contributed by atoms with Gasteiger partial charge >= 0.3 is 0 Å². The van der Waals surface area contributed by atoms with E-state index >= 15 is 0 Å². The highest BCUT2D eigenvalue weighted by Crippen LogP contribution is 2.22. The van der Waals surface area contributed by atoms with Crippen LogP contribution in [-0.2, 0) is 10.2 Å². The first kappa shape index (κ1) is 13.9. The van der Waals surface area contributed by atoms with Gasteiger partial charge in [-0.05, 0) is 25.2 Å². The van der Waals surface area contributed by atoms with Crippen molar-refractivity contribution in [3.05, 3.63) is 0 Å². The third-order valence-electron chi connectivity index (χ3n) is 2.74. The minimum absolute atomic E-state index is 0.0710. The highest BCUT2D eigenvalue weighted by Gasteiger charge is 2.30. The van der Waals surface area contributed by atoms with Crippen LogP contribution in [0, 0.1) is 11.8 Å². The second kappa shape index (κ2) is 5.44. The van der Waals surface area contributed by atoms with Gasteiger partial charge in [0.25, 0.3) is 10.2 Å². The molecule has 1 heterocycles. The Morgan fingerprint density at radius 1 is 1.38 bits per heavy atom. The van der Waals surface area contributed by atoms with Gasteiger partial charge in [-0.25, -0.2) is 0 Å². The molecular weight excluding hydrogens is 228 g/mol. The molecule has 96 valence electrons. The van der Waals surface area contributed by atoms with Crippen LogP contribution in [0.25, 0.3) is 0 Å². The Labute approximate surface area is 98.0 Å². The average molecular weight is 250 g/mol. The molecule has 0 aliphatic carbocycles. The van der Waals surface area contributed by atoms with Crippen molar-refractivity contribution in [2.45, 2.75) is 33.3 Å². The van der Waals surface area contributed by atoms with E-state index in [1.807, 2.05) is 0 Å². The fourth-order valence-corrected chi connectivity index (χ4v) is 3.66. The highest BCUT2D eigenvalue weighted by molar-refractivity contribution is 7.87. The molecular formula is C10H22N2O3S. The molecule has 16 heavy (non-hydrogen) atoms. The lowest BCUT2D eigenvalue weighted by molar-refractivity contribution is 0.193. The molecule has 6 heteroatoms. The maximum atomic E-state index is 11.9. The van der Waals surface area contributed by atoms with E-state index in [-0.39, 0.29) is 6.54 Å². The molecule has 5 nitrogen and oxygen atoms in total. The number of nitrogens with zero attached hydrogens (tertiary/aromatic N) is 1. The number of nitrogens with one attached hydrogen (secondary N) is 1. The smallest absolute Gasteiger partial charge is 0.279 e. The third-order valence-corrected chi connectivity index (χ3v) is 4.25. The Balaban J connectivity index is 2.60. The van der Waals surface area contributed by atoms with E-state index in [1.165, 1.54) is 4.31 Å². The molecule has 0 radical (unpaired) electrons. The van der Waals surface area contributed by atoms with Crippen LogP contribution in [0.5, 0.6) is 0 Å². The first-order valence-corrected chi connectivity index (χ1v) is 7.18. The van der Waals surface area contributed by atoms with Gasteiger partial charge in [-0.3, -0.25) is 0 Å². The van der Waals surface area contributed by atoms with E-state index in [4.69, 9.17) is 5.11 Å². The Kier molecular flexibility index (Phi) is 4.73. The van der Waals surface area contributed by atoms with Crippen molar-refractivity contribution in [3.8, 4) is 0 Å². The van der Waals surface area contributed by atoms with Gasteiger partial charge in [0.2, 0.25) is 0 Å². The Hall–Kier alpha value is -0.170. The van der Waals surface area contributed by atoms with Gasteiger partial charge in [0.1, 0.15) is 0 Å². The number of hydrogen-bond donors (Lipinski definition) is 2. The molecule has 1 saturated heterocycles. The van der Waals surface area contributed by atoms with Crippen LogP contribution < -0.4 is 4.72 Å². The molecule has 0 spiro atoms. The molecule has 2 N–H and O–H groups in total. The SMILES string of the molecule is C[C@@H]1C[C@H](C)CN(S(=O)(=O)NC[C@@H](C)O)C1. The van der Waals surface area contributed by atoms with E-state index in [0.717, 1.165) is 6.42 Å². The van der Waals surface area contributed by atoms with E-state index in [2.05, 4.69) is 18.6 Å². The van der Waals surface area contributed by atoms with Gasteiger partial charge in [-0.15, -0.1) is 0 Å². The first-order chi connectivity index (χ1) is 7.31. The van der Waals surface area contributed by atoms with Gasteiger partial charge in [-0.2, -0.15) is 17.4 Å². The zero-order chi connectivity index (χ0) is 12.3. The zero-order valence-corrected chi connectivity index (χ0v) is 11.0. The Bertz CT molecular complexity index is 306. The van der Waals surface area contributed by atoms with E-state index in [9.17, 15) is 8.42 Å². The molecule has 0 unspecified atom stereocenters. The number of rotatable bonds is 4. The van der Waals surface area contributed by atoms with Gasteiger partial charge in [0.05, 0.1) is 6.10 Å². The van der Waals surface area contributed by atoms with Crippen molar-refractivity contribution < 1.29 is 13.5 Å². The fraction of sp³-hybridized carbons (Fsp3) is 1.00. The maximum absolute atomic E-state index is 11.9. The molecule has 3 atom stereocenters. The van der Waals surface area contributed by atoms with Crippen LogP contribution >= 0.6 is 0 Å². The van der Waals surface area contributed by atoms with E-state index in [1.54, 1.807) is 6.92 Å². The van der Waals surface area contributed by atoms with Crippen LogP contribution in [0.4, 0.5) is 0 Å². The van der Waals surface area contributed by atoms with Gasteiger partial charge < -0.3 is 5.11 Å². The summed E-state index contributed by atoms with van der Waals surface area (Å²) in [4.78, 5) is 0. The molecule has 1 aliphatic heterocycles. The molecule has 0 saturated carbocycles. The lowest BCUT2D eigenvalue weighted by Crippen LogP contribution is -2.49. The lowest BCUT2D eigenvalue weighted by atomic mass is 9.94. The summed E-state index contributed by atoms with van der Waals surface area (Å²) in [5.41, 5.74) is 0. The van der Waals surface area contributed by atoms with Crippen LogP contribution in [0.3, 0.4) is 0 Å². The summed E-state index contributed by atoms with van der Waals surface area (Å²) in [5, 5.41) is 9.07. The van der Waals surface area contributed by atoms with Crippen LogP contribution in [0.15, 0.2) is 0 Å². The fourth-order valence-electron chi connectivity index (χ4n) is 2.12. The minimum atomic E-state index is -3.42. The lowest BCUT2D eigenvalue weighted by Gasteiger charge is -2.34. The van der Waals surface area contributed by atoms with Gasteiger partial charge in [-0.1, -0.05) is 13.8 Å². The first-order valence-electron chi connectivity index (χ1n) is 5.74. The summed E-state index contributed by atoms with van der Waals surface area (Å²) < 4.78 is 27.7. The van der Waals surface area contributed by atoms with Crippen molar-refractivity contribution >= 4 is 10.2 Å². The summed E-state index contributed by atoms with van der Waals surface area (Å²) in [5.74, 6) is 0.791. The second-order valence-corrected chi connectivity index (χ2v) is 6.72. The second-order valence-electron chi connectivity index (χ2n) is 4.97. The molecule has 0 aromatic carbocycles. The van der Waals surface area contributed by atoms with Crippen LogP contribution in [-0.4, -0.2) is 43.6 Å². The quantitative estimate of drug-likeness (QED) is 0.748. The van der Waals surface area contributed by atoms with Crippen LogP contribution in [0.1, 0.15) is 27.2 Å². The van der Waals surface area contributed by atoms with Crippen molar-refractivity contribution in [3.63, 3.8) is 0 Å². The topological polar surface area (TPSA) is 69.6 Å². The predicted molar refractivity (Wildman–Crippen MR) is 63.1 cm³/mol. The van der Waals surface area contributed by atoms with Gasteiger partial charge in [0, 0.05) is 19.6 Å². The number of aliphatic hydroxyl groups is 1. The van der Waals surface area contributed by atoms with Gasteiger partial charge in [0.15, 0.2) is 0 Å². The Morgan fingerprint density at radius 2 is 1.88 bits per heavy atom. The van der Waals surface area contributed by atoms with Crippen LogP contribution in [0.2, 0.25) is 0 Å². The summed E-state index contributed by atoms with van der Waals surface area (Å²) in [6.45, 7) is 6.89. The molecule has 1 aliphatic rings. The molecule has 0 amide bonds. The number of hydrogen-bond acceptors (Lipinski definition) is 3. The summed E-state index contributed by atoms with van der Waals surface area (Å²) in [6.07, 6.45) is 0.414. The van der Waals surface area contributed by atoms with E-state index < -0.39 is 16.3 Å². The summed E-state index contributed by atoms with van der Waals surface area (Å²) in [7, 11) is -3.42. The predicted octanol–water partition coefficient (Wildman–Crippen LogP) is 0.179. The number of piperidine rings is 1. The molecule has 1 rings (SSSR count). The summed E-state index contributed by atoms with van der Waals surface area (Å²) in [6, 6.07) is 0. The highest BCUT2D eigenvalue weighted by atomic mass is 32.2. The van der Waals surface area contributed by atoms with Crippen molar-refractivity contribution in [1.82, 2.24) is 9.03 Å². The third kappa shape index (κ3) is 4.01. The normalized spacial score (nSPS) is 30.2. The van der Waals surface area contributed by atoms with E-state index in [0.29, 0.717) is 24.9 Å². The molecule has 1 fully saturated rings. The monoisotopic (exact) mass is 250 g/mol. The Morgan fingerprint density at radius 3 is 2.31 bits per heavy atom. The average Bonchev–Trinajstić information content (AvgIpc) is 2.13. The molecule has 0 aromatic heterocycles. The van der Waals surface area contributed by atoms with Crippen molar-refractivity contribution in [1.29, 1.82) is 0 Å². The standard InChI is InChI=1S/C10H22N2O3S/c1-8-4-9(2)7-12(6-8)16(14,15)11-5-10(3)13/h8-11,13H,4-7H2,1-3H3/t8-,9+,10-/m1/s1.